The summed E-state index contributed by atoms with van der Waals surface area (Å²) in [6.45, 7) is 0. The number of hydrogen-bond donors (Lipinski definition) is 0. The maximum Gasteiger partial charge on any atom is 0.679 e. The molecule has 8 heteroatoms. The third-order valence-electron chi connectivity index (χ3n) is 7.11. The normalized spacial score (nSPS) is 13.6. The van der Waals surface area contributed by atoms with Crippen molar-refractivity contribution in [3.63, 3.8) is 0 Å². The quantitative estimate of drug-likeness (QED) is 0.181. The van der Waals surface area contributed by atoms with Crippen LogP contribution in [0.5, 0.6) is 11.5 Å². The highest BCUT2D eigenvalue weighted by molar-refractivity contribution is 6.43. The largest absolute Gasteiger partial charge is 0.679 e. The van der Waals surface area contributed by atoms with Crippen molar-refractivity contribution in [3.05, 3.63) is 132 Å². The van der Waals surface area contributed by atoms with E-state index in [9.17, 15) is 8.63 Å². The molecule has 5 aromatic rings. The Morgan fingerprint density at radius 1 is 0.667 bits per heavy atom. The maximum atomic E-state index is 15.0. The fourth-order valence-electron chi connectivity index (χ4n) is 4.97. The summed E-state index contributed by atoms with van der Waals surface area (Å²) in [6, 6.07) is 35.5. The first-order valence-electron chi connectivity index (χ1n) is 13.4. The Morgan fingerprint density at radius 3 is 1.76 bits per heavy atom. The van der Waals surface area contributed by atoms with Gasteiger partial charge in [-0.3, -0.25) is 8.63 Å². The molecule has 42 heavy (non-hydrogen) atoms. The summed E-state index contributed by atoms with van der Waals surface area (Å²) in [5.74, 6) is 1.84. The van der Waals surface area contributed by atoms with Crippen LogP contribution in [-0.2, 0) is 0 Å². The zero-order valence-electron chi connectivity index (χ0n) is 23.0. The van der Waals surface area contributed by atoms with Crippen LogP contribution in [0.25, 0.3) is 28.0 Å². The molecular weight excluding hydrogens is 531 g/mol. The number of methoxy groups -OCH3 is 2. The average molecular weight is 557 g/mol. The second kappa shape index (κ2) is 11.7. The molecule has 2 heterocycles. The molecule has 0 saturated carbocycles. The molecule has 1 aliphatic rings. The van der Waals surface area contributed by atoms with Gasteiger partial charge < -0.3 is 14.0 Å². The Labute approximate surface area is 243 Å². The Morgan fingerprint density at radius 2 is 1.21 bits per heavy atom. The van der Waals surface area contributed by atoms with Crippen LogP contribution in [0, 0.1) is 0 Å². The molecule has 0 unspecified atom stereocenters. The van der Waals surface area contributed by atoms with Crippen molar-refractivity contribution in [1.29, 1.82) is 0 Å². The molecular formula is C34H26BF2N3O2. The van der Waals surface area contributed by atoms with Crippen LogP contribution in [0.1, 0.15) is 11.1 Å². The number of hydrogen-bond acceptors (Lipinski definition) is 3. The van der Waals surface area contributed by atoms with Gasteiger partial charge in [0.05, 0.1) is 19.9 Å². The van der Waals surface area contributed by atoms with Crippen LogP contribution >= 0.6 is 0 Å². The summed E-state index contributed by atoms with van der Waals surface area (Å²) >= 11 is 0. The molecule has 0 radical (unpaired) electrons. The lowest BCUT2D eigenvalue weighted by molar-refractivity contribution is 0.414. The van der Waals surface area contributed by atoms with Crippen molar-refractivity contribution in [1.82, 2.24) is 4.48 Å². The van der Waals surface area contributed by atoms with Gasteiger partial charge in [0.15, 0.2) is 5.84 Å². The third kappa shape index (κ3) is 5.26. The summed E-state index contributed by atoms with van der Waals surface area (Å²) in [5, 5.41) is 0. The minimum Gasteiger partial charge on any atom is -0.497 e. The Hall–Kier alpha value is -5.24. The van der Waals surface area contributed by atoms with E-state index in [-0.39, 0.29) is 5.82 Å². The van der Waals surface area contributed by atoms with Gasteiger partial charge in [0, 0.05) is 22.4 Å². The molecule has 0 fully saturated rings. The highest BCUT2D eigenvalue weighted by atomic mass is 19.2. The van der Waals surface area contributed by atoms with Gasteiger partial charge in [0.25, 0.3) is 0 Å². The number of ether oxygens (including phenoxy) is 2. The number of rotatable bonds is 8. The van der Waals surface area contributed by atoms with Gasteiger partial charge in [-0.15, -0.1) is 0 Å². The van der Waals surface area contributed by atoms with Crippen LogP contribution in [-0.4, -0.2) is 37.6 Å². The van der Waals surface area contributed by atoms with E-state index in [1.54, 1.807) is 44.6 Å². The first-order valence-corrected chi connectivity index (χ1v) is 13.4. The van der Waals surface area contributed by atoms with Crippen molar-refractivity contribution < 1.29 is 18.1 Å². The minimum atomic E-state index is -2.85. The molecule has 6 rings (SSSR count). The SMILES string of the molecule is COc1ccc(C2=N/C(=N\c3c(-c4ccccc4)cc(-c4ccc(OC)cc4)n3B(F)F)C(c3ccccc3)=C2)cc1. The maximum absolute atomic E-state index is 15.0. The van der Waals surface area contributed by atoms with Crippen LogP contribution < -0.4 is 9.47 Å². The first-order chi connectivity index (χ1) is 20.6. The number of halogens is 2. The Bertz CT molecular complexity index is 1800. The topological polar surface area (TPSA) is 48.1 Å². The molecule has 0 N–H and O–H groups in total. The zero-order chi connectivity index (χ0) is 29.1. The van der Waals surface area contributed by atoms with Gasteiger partial charge in [0.1, 0.15) is 17.3 Å². The molecule has 0 saturated heterocycles. The van der Waals surface area contributed by atoms with E-state index in [0.717, 1.165) is 32.5 Å². The van der Waals surface area contributed by atoms with E-state index >= 15 is 0 Å². The van der Waals surface area contributed by atoms with Crippen molar-refractivity contribution >= 4 is 30.3 Å². The van der Waals surface area contributed by atoms with Crippen molar-refractivity contribution in [2.75, 3.05) is 14.2 Å². The zero-order valence-corrected chi connectivity index (χ0v) is 23.0. The van der Waals surface area contributed by atoms with Gasteiger partial charge in [-0.25, -0.2) is 9.98 Å². The molecule has 0 aliphatic carbocycles. The predicted molar refractivity (Wildman–Crippen MR) is 166 cm³/mol. The molecule has 5 nitrogen and oxygen atoms in total. The average Bonchev–Trinajstić information content (AvgIpc) is 3.64. The number of nitrogens with zero attached hydrogens (tertiary/aromatic N) is 3. The third-order valence-corrected chi connectivity index (χ3v) is 7.11. The monoisotopic (exact) mass is 557 g/mol. The van der Waals surface area contributed by atoms with Gasteiger partial charge in [-0.05, 0) is 77.4 Å². The lowest BCUT2D eigenvalue weighted by atomic mass is 10.0. The van der Waals surface area contributed by atoms with E-state index in [4.69, 9.17) is 19.5 Å². The highest BCUT2D eigenvalue weighted by Gasteiger charge is 2.29. The minimum absolute atomic E-state index is 0.124. The first kappa shape index (κ1) is 27.0. The fraction of sp³-hybridized carbons (Fsp3) is 0.0588. The molecule has 1 aliphatic heterocycles. The van der Waals surface area contributed by atoms with Gasteiger partial charge in [-0.1, -0.05) is 60.7 Å². The van der Waals surface area contributed by atoms with Crippen molar-refractivity contribution in [2.45, 2.75) is 0 Å². The number of aromatic nitrogens is 1. The smallest absolute Gasteiger partial charge is 0.497 e. The molecule has 0 atom stereocenters. The number of allylic oxidation sites excluding steroid dienone is 1. The second-order valence-corrected chi connectivity index (χ2v) is 9.59. The predicted octanol–water partition coefficient (Wildman–Crippen LogP) is 8.23. The summed E-state index contributed by atoms with van der Waals surface area (Å²) in [7, 11) is 0.330. The fourth-order valence-corrected chi connectivity index (χ4v) is 4.97. The van der Waals surface area contributed by atoms with Crippen LogP contribution in [0.2, 0.25) is 0 Å². The van der Waals surface area contributed by atoms with Crippen LogP contribution in [0.4, 0.5) is 14.4 Å². The standard InChI is InChI=1S/C34H26BF2N3O2/c1-41-27-17-13-25(14-18-27)31-21-29(23-9-5-3-6-10-23)33(38-31)39-34-30(24-11-7-4-8-12-24)22-32(40(34)35(36)37)26-15-19-28(42-2)20-16-26/h3-22H,1-2H3/b39-33-. The molecule has 1 aromatic heterocycles. The van der Waals surface area contributed by atoms with E-state index in [1.807, 2.05) is 91.0 Å². The lowest BCUT2D eigenvalue weighted by Gasteiger charge is -2.11. The number of benzene rings is 4. The van der Waals surface area contributed by atoms with E-state index < -0.39 is 7.40 Å². The van der Waals surface area contributed by atoms with Gasteiger partial charge in [-0.2, -0.15) is 0 Å². The van der Waals surface area contributed by atoms with E-state index in [0.29, 0.717) is 34.1 Å². The summed E-state index contributed by atoms with van der Waals surface area (Å²) in [6.07, 6.45) is 1.94. The Kier molecular flexibility index (Phi) is 7.51. The summed E-state index contributed by atoms with van der Waals surface area (Å²) in [4.78, 5) is 9.76. The summed E-state index contributed by atoms with van der Waals surface area (Å²) < 4.78 is 41.5. The van der Waals surface area contributed by atoms with E-state index in [2.05, 4.69) is 0 Å². The highest BCUT2D eigenvalue weighted by Crippen LogP contribution is 2.40. The van der Waals surface area contributed by atoms with Gasteiger partial charge >= 0.3 is 7.40 Å². The molecule has 0 spiro atoms. The summed E-state index contributed by atoms with van der Waals surface area (Å²) in [5.41, 5.74) is 5.48. The Balaban J connectivity index is 1.57. The van der Waals surface area contributed by atoms with Gasteiger partial charge in [0.2, 0.25) is 0 Å². The second-order valence-electron chi connectivity index (χ2n) is 9.59. The number of amidine groups is 1. The molecule has 206 valence electrons. The molecule has 0 amide bonds. The van der Waals surface area contributed by atoms with Crippen molar-refractivity contribution in [2.24, 2.45) is 9.98 Å². The number of aliphatic imine (C=N–C) groups is 2. The lowest BCUT2D eigenvalue weighted by Crippen LogP contribution is -2.14. The molecule has 0 bridgehead atoms. The van der Waals surface area contributed by atoms with Crippen LogP contribution in [0.3, 0.4) is 0 Å². The van der Waals surface area contributed by atoms with Crippen molar-refractivity contribution in [3.8, 4) is 33.9 Å². The molecule has 4 aromatic carbocycles. The van der Waals surface area contributed by atoms with E-state index in [1.165, 1.54) is 0 Å². The van der Waals surface area contributed by atoms with Crippen LogP contribution in [0.15, 0.2) is 131 Å².